The average molecular weight is 269 g/mol. The zero-order chi connectivity index (χ0) is 14.0. The first-order chi connectivity index (χ1) is 9.77. The summed E-state index contributed by atoms with van der Waals surface area (Å²) in [6.07, 6.45) is 1.43. The highest BCUT2D eigenvalue weighted by molar-refractivity contribution is 6.10. The Balaban J connectivity index is 2.08. The van der Waals surface area contributed by atoms with Crippen molar-refractivity contribution in [2.75, 3.05) is 19.8 Å². The van der Waals surface area contributed by atoms with Crippen LogP contribution in [-0.2, 0) is 4.74 Å². The van der Waals surface area contributed by atoms with Crippen LogP contribution in [0.1, 0.15) is 23.2 Å². The fourth-order valence-electron chi connectivity index (χ4n) is 3.00. The van der Waals surface area contributed by atoms with Crippen LogP contribution in [0.3, 0.4) is 0 Å². The highest BCUT2D eigenvalue weighted by Gasteiger charge is 2.39. The van der Waals surface area contributed by atoms with Gasteiger partial charge in [0.25, 0.3) is 0 Å². The van der Waals surface area contributed by atoms with Crippen molar-refractivity contribution in [3.63, 3.8) is 0 Å². The van der Waals surface area contributed by atoms with E-state index in [0.717, 1.165) is 16.3 Å². The predicted molar refractivity (Wildman–Crippen MR) is 79.8 cm³/mol. The summed E-state index contributed by atoms with van der Waals surface area (Å²) in [5, 5.41) is 2.11. The molecular formula is C17H19NO2. The van der Waals surface area contributed by atoms with Crippen LogP contribution in [0.5, 0.6) is 0 Å². The average Bonchev–Trinajstić information content (AvgIpc) is 2.54. The van der Waals surface area contributed by atoms with Crippen LogP contribution < -0.4 is 5.73 Å². The molecule has 0 aliphatic carbocycles. The normalized spacial score (nSPS) is 18.1. The molecule has 3 rings (SSSR count). The lowest BCUT2D eigenvalue weighted by Crippen LogP contribution is -2.43. The van der Waals surface area contributed by atoms with Crippen LogP contribution in [0.15, 0.2) is 42.5 Å². The molecule has 2 aromatic carbocycles. The summed E-state index contributed by atoms with van der Waals surface area (Å²) in [6, 6.07) is 13.9. The van der Waals surface area contributed by atoms with Crippen molar-refractivity contribution >= 4 is 16.6 Å². The van der Waals surface area contributed by atoms with Crippen LogP contribution in [-0.4, -0.2) is 25.5 Å². The summed E-state index contributed by atoms with van der Waals surface area (Å²) in [5.41, 5.74) is 6.28. The number of ketones is 1. The molecule has 1 saturated heterocycles. The summed E-state index contributed by atoms with van der Waals surface area (Å²) in [5.74, 6) is 0.167. The van der Waals surface area contributed by atoms with Crippen molar-refractivity contribution in [2.24, 2.45) is 11.1 Å². The molecule has 3 nitrogen and oxygen atoms in total. The third kappa shape index (κ3) is 2.13. The number of carbonyl (C=O) groups is 1. The molecule has 2 N–H and O–H groups in total. The molecule has 1 aliphatic rings. The Kier molecular flexibility index (Phi) is 3.55. The Morgan fingerprint density at radius 2 is 1.80 bits per heavy atom. The molecule has 0 aromatic heterocycles. The summed E-state index contributed by atoms with van der Waals surface area (Å²) in [7, 11) is 0. The summed E-state index contributed by atoms with van der Waals surface area (Å²) >= 11 is 0. The molecule has 2 aromatic rings. The van der Waals surface area contributed by atoms with E-state index in [9.17, 15) is 4.79 Å². The summed E-state index contributed by atoms with van der Waals surface area (Å²) in [4.78, 5) is 13.0. The van der Waals surface area contributed by atoms with E-state index in [4.69, 9.17) is 10.5 Å². The van der Waals surface area contributed by atoms with Gasteiger partial charge in [0, 0.05) is 25.3 Å². The molecule has 0 unspecified atom stereocenters. The minimum absolute atomic E-state index is 0.167. The molecule has 0 amide bonds. The van der Waals surface area contributed by atoms with Gasteiger partial charge in [0.05, 0.1) is 5.41 Å². The summed E-state index contributed by atoms with van der Waals surface area (Å²) < 4.78 is 5.39. The van der Waals surface area contributed by atoms with Gasteiger partial charge in [-0.05, 0) is 23.6 Å². The fraction of sp³-hybridized carbons (Fsp3) is 0.353. The first kappa shape index (κ1) is 13.3. The third-order valence-electron chi connectivity index (χ3n) is 4.36. The number of benzene rings is 2. The maximum atomic E-state index is 13.0. The van der Waals surface area contributed by atoms with Gasteiger partial charge in [-0.3, -0.25) is 4.79 Å². The van der Waals surface area contributed by atoms with Gasteiger partial charge in [0.15, 0.2) is 5.78 Å². The van der Waals surface area contributed by atoms with Crippen LogP contribution in [0, 0.1) is 5.41 Å². The van der Waals surface area contributed by atoms with Crippen molar-refractivity contribution in [3.05, 3.63) is 48.0 Å². The Labute approximate surface area is 118 Å². The first-order valence-corrected chi connectivity index (χ1v) is 7.07. The van der Waals surface area contributed by atoms with Crippen molar-refractivity contribution in [3.8, 4) is 0 Å². The molecule has 0 saturated carbocycles. The number of nitrogens with two attached hydrogens (primary N) is 1. The van der Waals surface area contributed by atoms with E-state index in [1.54, 1.807) is 0 Å². The molecule has 1 fully saturated rings. The molecule has 1 heterocycles. The predicted octanol–water partition coefficient (Wildman–Crippen LogP) is 2.78. The van der Waals surface area contributed by atoms with Crippen LogP contribution in [0.4, 0.5) is 0 Å². The standard InChI is InChI=1S/C17H19NO2/c18-12-17(8-10-20-11-9-17)16(19)15-7-3-5-13-4-1-2-6-14(13)15/h1-7H,8-12,18H2. The monoisotopic (exact) mass is 269 g/mol. The van der Waals surface area contributed by atoms with Gasteiger partial charge in [-0.15, -0.1) is 0 Å². The lowest BCUT2D eigenvalue weighted by atomic mass is 9.73. The van der Waals surface area contributed by atoms with Crippen molar-refractivity contribution < 1.29 is 9.53 Å². The van der Waals surface area contributed by atoms with Crippen molar-refractivity contribution in [2.45, 2.75) is 12.8 Å². The number of fused-ring (bicyclic) bond motifs is 1. The highest BCUT2D eigenvalue weighted by Crippen LogP contribution is 2.35. The van der Waals surface area contributed by atoms with Crippen LogP contribution in [0.2, 0.25) is 0 Å². The van der Waals surface area contributed by atoms with Gasteiger partial charge in [0.2, 0.25) is 0 Å². The minimum atomic E-state index is -0.456. The molecule has 20 heavy (non-hydrogen) atoms. The third-order valence-corrected chi connectivity index (χ3v) is 4.36. The van der Waals surface area contributed by atoms with Gasteiger partial charge in [-0.2, -0.15) is 0 Å². The Hall–Kier alpha value is -1.71. The maximum Gasteiger partial charge on any atom is 0.171 e. The fourth-order valence-corrected chi connectivity index (χ4v) is 3.00. The van der Waals surface area contributed by atoms with E-state index in [-0.39, 0.29) is 5.78 Å². The molecule has 3 heteroatoms. The molecular weight excluding hydrogens is 250 g/mol. The SMILES string of the molecule is NCC1(C(=O)c2cccc3ccccc23)CCOCC1. The van der Waals surface area contributed by atoms with E-state index in [1.807, 2.05) is 42.5 Å². The number of hydrogen-bond acceptors (Lipinski definition) is 3. The van der Waals surface area contributed by atoms with Gasteiger partial charge in [0.1, 0.15) is 0 Å². The van der Waals surface area contributed by atoms with Gasteiger partial charge >= 0.3 is 0 Å². The van der Waals surface area contributed by atoms with Crippen LogP contribution >= 0.6 is 0 Å². The zero-order valence-corrected chi connectivity index (χ0v) is 11.5. The first-order valence-electron chi connectivity index (χ1n) is 7.07. The second-order valence-electron chi connectivity index (χ2n) is 5.45. The van der Waals surface area contributed by atoms with Crippen molar-refractivity contribution in [1.29, 1.82) is 0 Å². The largest absolute Gasteiger partial charge is 0.381 e. The molecule has 0 bridgehead atoms. The van der Waals surface area contributed by atoms with Crippen LogP contribution in [0.25, 0.3) is 10.8 Å². The van der Waals surface area contributed by atoms with E-state index in [2.05, 4.69) is 0 Å². The highest BCUT2D eigenvalue weighted by atomic mass is 16.5. The Morgan fingerprint density at radius 1 is 1.10 bits per heavy atom. The lowest BCUT2D eigenvalue weighted by Gasteiger charge is -2.34. The molecule has 0 atom stereocenters. The van der Waals surface area contributed by atoms with Gasteiger partial charge in [-0.1, -0.05) is 42.5 Å². The number of rotatable bonds is 3. The molecule has 104 valence electrons. The molecule has 0 spiro atoms. The minimum Gasteiger partial charge on any atom is -0.381 e. The maximum absolute atomic E-state index is 13.0. The van der Waals surface area contributed by atoms with E-state index in [0.29, 0.717) is 32.6 Å². The van der Waals surface area contributed by atoms with Gasteiger partial charge in [-0.25, -0.2) is 0 Å². The molecule has 0 radical (unpaired) electrons. The summed E-state index contributed by atoms with van der Waals surface area (Å²) in [6.45, 7) is 1.62. The van der Waals surface area contributed by atoms with E-state index >= 15 is 0 Å². The van der Waals surface area contributed by atoms with E-state index < -0.39 is 5.41 Å². The zero-order valence-electron chi connectivity index (χ0n) is 11.5. The second-order valence-corrected chi connectivity index (χ2v) is 5.45. The number of carbonyl (C=O) groups excluding carboxylic acids is 1. The molecule has 1 aliphatic heterocycles. The Morgan fingerprint density at radius 3 is 2.55 bits per heavy atom. The lowest BCUT2D eigenvalue weighted by molar-refractivity contribution is 0.0201. The quantitative estimate of drug-likeness (QED) is 0.872. The number of ether oxygens (including phenoxy) is 1. The topological polar surface area (TPSA) is 52.3 Å². The van der Waals surface area contributed by atoms with Gasteiger partial charge < -0.3 is 10.5 Å². The Bertz CT molecular complexity index is 624. The number of hydrogen-bond donors (Lipinski definition) is 1. The second kappa shape index (κ2) is 5.35. The number of Topliss-reactive ketones (excluding diaryl/α,β-unsaturated/α-hetero) is 1. The van der Waals surface area contributed by atoms with E-state index in [1.165, 1.54) is 0 Å². The van der Waals surface area contributed by atoms with Crippen molar-refractivity contribution in [1.82, 2.24) is 0 Å². The smallest absolute Gasteiger partial charge is 0.171 e.